The highest BCUT2D eigenvalue weighted by Gasteiger charge is 2.34. The maximum Gasteiger partial charge on any atom is 0.410 e. The van der Waals surface area contributed by atoms with Gasteiger partial charge in [0, 0.05) is 39.3 Å². The lowest BCUT2D eigenvalue weighted by molar-refractivity contribution is -0.138. The van der Waals surface area contributed by atoms with Crippen molar-refractivity contribution in [3.05, 3.63) is 71.8 Å². The van der Waals surface area contributed by atoms with Crippen LogP contribution >= 0.6 is 0 Å². The number of alkyl carbamates (subject to hydrolysis) is 2. The van der Waals surface area contributed by atoms with Gasteiger partial charge in [-0.3, -0.25) is 9.59 Å². The number of ether oxygens (including phenoxy) is 3. The van der Waals surface area contributed by atoms with Crippen LogP contribution in [0.2, 0.25) is 0 Å². The van der Waals surface area contributed by atoms with Crippen molar-refractivity contribution in [2.24, 2.45) is 5.92 Å². The number of carbonyl (C=O) groups excluding carboxylic acids is 5. The lowest BCUT2D eigenvalue weighted by atomic mass is 9.96. The van der Waals surface area contributed by atoms with E-state index in [0.29, 0.717) is 25.8 Å². The third-order valence-electron chi connectivity index (χ3n) is 7.76. The number of likely N-dealkylation sites (tertiary alicyclic amines) is 1. The van der Waals surface area contributed by atoms with Gasteiger partial charge in [0.2, 0.25) is 11.8 Å². The van der Waals surface area contributed by atoms with Gasteiger partial charge in [-0.1, -0.05) is 60.7 Å². The molecule has 14 heteroatoms. The zero-order chi connectivity index (χ0) is 36.4. The maximum absolute atomic E-state index is 13.8. The van der Waals surface area contributed by atoms with Gasteiger partial charge in [0.05, 0.1) is 12.5 Å². The second-order valence-corrected chi connectivity index (χ2v) is 13.0. The minimum Gasteiger partial charge on any atom is -0.445 e. The van der Waals surface area contributed by atoms with E-state index in [1.807, 2.05) is 60.7 Å². The van der Waals surface area contributed by atoms with Crippen LogP contribution in [-0.2, 0) is 37.0 Å². The topological polar surface area (TPSA) is 176 Å². The zero-order valence-electron chi connectivity index (χ0n) is 29.2. The standard InChI is InChI=1S/C36H51N5O9/c1-36(2,3)50-35(47)41-20-11-16-29(24-41)31(43)39-30(17-10-18-37-33(45)48-25-27-12-6-4-7-13-27)32(44)40(22-23-42)21-19-38-34(46)49-26-28-14-8-5-9-15-28/h4-9,12-15,29-30,42H,10-11,16-26H2,1-3H3,(H,37,45)(H,38,46)(H,39,43). The molecule has 1 heterocycles. The Labute approximate surface area is 293 Å². The molecule has 0 aromatic heterocycles. The highest BCUT2D eigenvalue weighted by atomic mass is 16.6. The number of rotatable bonds is 16. The Balaban J connectivity index is 1.59. The van der Waals surface area contributed by atoms with Crippen LogP contribution in [0.1, 0.15) is 57.6 Å². The predicted molar refractivity (Wildman–Crippen MR) is 185 cm³/mol. The van der Waals surface area contributed by atoms with E-state index in [9.17, 15) is 29.1 Å². The molecular weight excluding hydrogens is 646 g/mol. The van der Waals surface area contributed by atoms with E-state index in [-0.39, 0.29) is 59.0 Å². The second kappa shape index (κ2) is 20.6. The summed E-state index contributed by atoms with van der Waals surface area (Å²) in [5.74, 6) is -1.42. The van der Waals surface area contributed by atoms with Crippen LogP contribution < -0.4 is 16.0 Å². The van der Waals surface area contributed by atoms with Crippen molar-refractivity contribution in [3.8, 4) is 0 Å². The van der Waals surface area contributed by atoms with Crippen LogP contribution in [0.4, 0.5) is 14.4 Å². The molecule has 1 aliphatic heterocycles. The molecule has 0 spiro atoms. The fourth-order valence-electron chi connectivity index (χ4n) is 5.24. The molecule has 4 N–H and O–H groups in total. The third kappa shape index (κ3) is 14.7. The normalized spacial score (nSPS) is 14.9. The molecule has 14 nitrogen and oxygen atoms in total. The Morgan fingerprint density at radius 3 is 2.02 bits per heavy atom. The van der Waals surface area contributed by atoms with Gasteiger partial charge in [0.1, 0.15) is 24.9 Å². The van der Waals surface area contributed by atoms with Crippen LogP contribution in [0.3, 0.4) is 0 Å². The third-order valence-corrected chi connectivity index (χ3v) is 7.76. The van der Waals surface area contributed by atoms with Crippen LogP contribution in [-0.4, -0.2) is 103 Å². The molecule has 1 aliphatic rings. The molecule has 0 radical (unpaired) electrons. The van der Waals surface area contributed by atoms with Crippen LogP contribution in [0.15, 0.2) is 60.7 Å². The number of nitrogens with one attached hydrogen (secondary N) is 3. The highest BCUT2D eigenvalue weighted by Crippen LogP contribution is 2.20. The number of hydrogen-bond donors (Lipinski definition) is 4. The van der Waals surface area contributed by atoms with Crippen molar-refractivity contribution in [1.82, 2.24) is 25.8 Å². The molecule has 3 rings (SSSR count). The second-order valence-electron chi connectivity index (χ2n) is 13.0. The SMILES string of the molecule is CC(C)(C)OC(=O)N1CCCC(C(=O)NC(CCCNC(=O)OCc2ccccc2)C(=O)N(CCO)CCNC(=O)OCc2ccccc2)C1. The maximum atomic E-state index is 13.8. The van der Waals surface area contributed by atoms with Crippen molar-refractivity contribution in [1.29, 1.82) is 0 Å². The van der Waals surface area contributed by atoms with Crippen molar-refractivity contribution >= 4 is 30.1 Å². The largest absolute Gasteiger partial charge is 0.445 e. The summed E-state index contributed by atoms with van der Waals surface area (Å²) in [6, 6.07) is 17.4. The number of piperidine rings is 1. The average Bonchev–Trinajstić information content (AvgIpc) is 3.10. The van der Waals surface area contributed by atoms with Gasteiger partial charge in [-0.05, 0) is 57.6 Å². The van der Waals surface area contributed by atoms with E-state index in [4.69, 9.17) is 14.2 Å². The van der Waals surface area contributed by atoms with Gasteiger partial charge < -0.3 is 45.1 Å². The summed E-state index contributed by atoms with van der Waals surface area (Å²) in [4.78, 5) is 67.4. The lowest BCUT2D eigenvalue weighted by Crippen LogP contribution is -2.54. The summed E-state index contributed by atoms with van der Waals surface area (Å²) in [7, 11) is 0. The summed E-state index contributed by atoms with van der Waals surface area (Å²) in [5, 5.41) is 17.9. The van der Waals surface area contributed by atoms with E-state index in [2.05, 4.69) is 16.0 Å². The first-order chi connectivity index (χ1) is 23.9. The molecular formula is C36H51N5O9. The quantitative estimate of drug-likeness (QED) is 0.151. The van der Waals surface area contributed by atoms with E-state index in [1.165, 1.54) is 9.80 Å². The van der Waals surface area contributed by atoms with E-state index in [1.54, 1.807) is 20.8 Å². The van der Waals surface area contributed by atoms with Gasteiger partial charge in [0.15, 0.2) is 0 Å². The fourth-order valence-corrected chi connectivity index (χ4v) is 5.24. The zero-order valence-corrected chi connectivity index (χ0v) is 29.2. The minimum atomic E-state index is -1.00. The first-order valence-corrected chi connectivity index (χ1v) is 17.0. The van der Waals surface area contributed by atoms with Crippen LogP contribution in [0.5, 0.6) is 0 Å². The Kier molecular flexibility index (Phi) is 16.3. The van der Waals surface area contributed by atoms with Gasteiger partial charge in [-0.15, -0.1) is 0 Å². The van der Waals surface area contributed by atoms with E-state index in [0.717, 1.165) is 11.1 Å². The molecule has 50 heavy (non-hydrogen) atoms. The monoisotopic (exact) mass is 697 g/mol. The summed E-state index contributed by atoms with van der Waals surface area (Å²) in [6.45, 7) is 6.00. The van der Waals surface area contributed by atoms with Crippen LogP contribution in [0.25, 0.3) is 0 Å². The minimum absolute atomic E-state index is 0.0359. The molecule has 1 saturated heterocycles. The Morgan fingerprint density at radius 2 is 1.46 bits per heavy atom. The predicted octanol–water partition coefficient (Wildman–Crippen LogP) is 3.57. The molecule has 274 valence electrons. The summed E-state index contributed by atoms with van der Waals surface area (Å²) in [5.41, 5.74) is 0.978. The molecule has 5 amide bonds. The summed E-state index contributed by atoms with van der Waals surface area (Å²) in [6.07, 6.45) is -0.172. The van der Waals surface area contributed by atoms with Crippen molar-refractivity contribution in [2.45, 2.75) is 71.3 Å². The van der Waals surface area contributed by atoms with E-state index >= 15 is 0 Å². The summed E-state index contributed by atoms with van der Waals surface area (Å²) >= 11 is 0. The van der Waals surface area contributed by atoms with Gasteiger partial charge >= 0.3 is 18.3 Å². The first kappa shape index (κ1) is 39.6. The fraction of sp³-hybridized carbons (Fsp3) is 0.528. The van der Waals surface area contributed by atoms with Crippen LogP contribution in [0, 0.1) is 5.92 Å². The molecule has 2 unspecified atom stereocenters. The van der Waals surface area contributed by atoms with E-state index < -0.39 is 47.7 Å². The number of nitrogens with zero attached hydrogens (tertiary/aromatic N) is 2. The van der Waals surface area contributed by atoms with Crippen molar-refractivity contribution < 1.29 is 43.3 Å². The smallest absolute Gasteiger partial charge is 0.410 e. The molecule has 0 saturated carbocycles. The number of amides is 5. The first-order valence-electron chi connectivity index (χ1n) is 17.0. The average molecular weight is 698 g/mol. The Bertz CT molecular complexity index is 1370. The Morgan fingerprint density at radius 1 is 0.880 bits per heavy atom. The molecule has 1 fully saturated rings. The number of aliphatic hydroxyl groups excluding tert-OH is 1. The summed E-state index contributed by atoms with van der Waals surface area (Å²) < 4.78 is 16.0. The van der Waals surface area contributed by atoms with Crippen molar-refractivity contribution in [2.75, 3.05) is 45.9 Å². The molecule has 2 aromatic rings. The van der Waals surface area contributed by atoms with Gasteiger partial charge in [-0.2, -0.15) is 0 Å². The Hall–Kier alpha value is -4.85. The number of aliphatic hydroxyl groups is 1. The van der Waals surface area contributed by atoms with Gasteiger partial charge in [-0.25, -0.2) is 14.4 Å². The van der Waals surface area contributed by atoms with Crippen molar-refractivity contribution in [3.63, 3.8) is 0 Å². The highest BCUT2D eigenvalue weighted by molar-refractivity contribution is 5.89. The molecule has 2 aromatic carbocycles. The lowest BCUT2D eigenvalue weighted by Gasteiger charge is -2.34. The van der Waals surface area contributed by atoms with Gasteiger partial charge in [0.25, 0.3) is 0 Å². The number of benzene rings is 2. The molecule has 0 aliphatic carbocycles. The number of carbonyl (C=O) groups is 5. The molecule has 0 bridgehead atoms. The molecule has 2 atom stereocenters. The number of hydrogen-bond acceptors (Lipinski definition) is 9.